The summed E-state index contributed by atoms with van der Waals surface area (Å²) in [5, 5.41) is 0. The third-order valence-corrected chi connectivity index (χ3v) is 3.70. The molecule has 0 aliphatic heterocycles. The summed E-state index contributed by atoms with van der Waals surface area (Å²) in [5.41, 5.74) is 0. The molecule has 0 spiro atoms. The van der Waals surface area contributed by atoms with Crippen molar-refractivity contribution in [1.82, 2.24) is 4.57 Å². The number of aromatic nitrogens is 2. The maximum Gasteiger partial charge on any atom is 0.462 e. The van der Waals surface area contributed by atoms with Crippen LogP contribution in [0.3, 0.4) is 0 Å². The molecule has 0 aromatic carbocycles. The molecule has 1 heterocycles. The minimum Gasteiger partial charge on any atom is -0.231 e. The zero-order valence-corrected chi connectivity index (χ0v) is 11.9. The summed E-state index contributed by atoms with van der Waals surface area (Å²) >= 11 is 15.7. The SMILES string of the molecule is CSC(=S)c1n(C(F)(F)C(F)(Cl)Cl)cc[n+]1C. The van der Waals surface area contributed by atoms with E-state index in [1.54, 1.807) is 6.26 Å². The van der Waals surface area contributed by atoms with Crippen LogP contribution in [0, 0.1) is 0 Å². The fourth-order valence-corrected chi connectivity index (χ4v) is 2.02. The Labute approximate surface area is 116 Å². The fourth-order valence-electron chi connectivity index (χ4n) is 1.17. The van der Waals surface area contributed by atoms with Gasteiger partial charge in [-0.3, -0.25) is 0 Å². The van der Waals surface area contributed by atoms with Gasteiger partial charge >= 0.3 is 16.5 Å². The lowest BCUT2D eigenvalue weighted by molar-refractivity contribution is -0.672. The van der Waals surface area contributed by atoms with Gasteiger partial charge in [0.2, 0.25) is 0 Å². The van der Waals surface area contributed by atoms with E-state index in [1.165, 1.54) is 17.8 Å². The number of imidazole rings is 1. The van der Waals surface area contributed by atoms with Crippen LogP contribution >= 0.6 is 47.2 Å². The van der Waals surface area contributed by atoms with E-state index in [9.17, 15) is 13.2 Å². The third kappa shape index (κ3) is 2.72. The van der Waals surface area contributed by atoms with Gasteiger partial charge in [0, 0.05) is 0 Å². The largest absolute Gasteiger partial charge is 0.462 e. The predicted molar refractivity (Wildman–Crippen MR) is 66.6 cm³/mol. The average molecular weight is 324 g/mol. The summed E-state index contributed by atoms with van der Waals surface area (Å²) in [6.45, 7) is 0. The number of thiocarbonyl (C=S) groups is 1. The van der Waals surface area contributed by atoms with Gasteiger partial charge in [-0.25, -0.2) is 4.57 Å². The maximum absolute atomic E-state index is 13.7. The van der Waals surface area contributed by atoms with Gasteiger partial charge in [-0.1, -0.05) is 35.4 Å². The van der Waals surface area contributed by atoms with Gasteiger partial charge in [0.05, 0.1) is 7.05 Å². The second kappa shape index (κ2) is 4.95. The van der Waals surface area contributed by atoms with Gasteiger partial charge in [-0.2, -0.15) is 17.7 Å². The van der Waals surface area contributed by atoms with E-state index in [2.05, 4.69) is 0 Å². The lowest BCUT2D eigenvalue weighted by Crippen LogP contribution is -2.43. The van der Waals surface area contributed by atoms with Crippen molar-refractivity contribution in [3.8, 4) is 0 Å². The Hall–Kier alpha value is 0.0200. The number of aryl methyl sites for hydroxylation is 1. The van der Waals surface area contributed by atoms with Gasteiger partial charge in [0.25, 0.3) is 0 Å². The lowest BCUT2D eigenvalue weighted by Gasteiger charge is -2.19. The molecule has 0 amide bonds. The van der Waals surface area contributed by atoms with Gasteiger partial charge in [0.1, 0.15) is 12.4 Å². The molecular formula is C8H8Cl2F3N2S2+. The molecule has 2 nitrogen and oxygen atoms in total. The predicted octanol–water partition coefficient (Wildman–Crippen LogP) is 3.00. The highest BCUT2D eigenvalue weighted by Gasteiger charge is 2.60. The van der Waals surface area contributed by atoms with Crippen LogP contribution < -0.4 is 4.57 Å². The van der Waals surface area contributed by atoms with Crippen LogP contribution in [0.15, 0.2) is 12.4 Å². The van der Waals surface area contributed by atoms with E-state index < -0.39 is 10.6 Å². The zero-order valence-electron chi connectivity index (χ0n) is 8.76. The molecule has 1 rings (SSSR count). The van der Waals surface area contributed by atoms with Gasteiger partial charge in [-0.15, -0.1) is 11.8 Å². The lowest BCUT2D eigenvalue weighted by atomic mass is 10.5. The van der Waals surface area contributed by atoms with Gasteiger partial charge in [-0.05, 0) is 6.26 Å². The maximum atomic E-state index is 13.7. The standard InChI is InChI=1S/C8H8Cl2F3N2S2/c1-14-3-4-15(5(14)6(16)17-2)8(12,13)7(9,10)11/h3-4H,1-2H3/q+1. The molecule has 96 valence electrons. The molecule has 0 bridgehead atoms. The Morgan fingerprint density at radius 2 is 2.00 bits per heavy atom. The van der Waals surface area contributed by atoms with Crippen molar-refractivity contribution < 1.29 is 17.7 Å². The molecule has 0 fully saturated rings. The van der Waals surface area contributed by atoms with Crippen LogP contribution in [-0.2, 0) is 13.1 Å². The molecule has 0 aliphatic carbocycles. The van der Waals surface area contributed by atoms with Crippen LogP contribution in [0.5, 0.6) is 0 Å². The van der Waals surface area contributed by atoms with Crippen molar-refractivity contribution in [3.63, 3.8) is 0 Å². The first-order valence-corrected chi connectivity index (χ1v) is 6.62. The summed E-state index contributed by atoms with van der Waals surface area (Å²) < 4.78 is 38.6. The van der Waals surface area contributed by atoms with Crippen molar-refractivity contribution in [2.24, 2.45) is 7.05 Å². The Morgan fingerprint density at radius 1 is 1.47 bits per heavy atom. The van der Waals surface area contributed by atoms with Crippen molar-refractivity contribution in [3.05, 3.63) is 18.2 Å². The Balaban J connectivity index is 3.38. The molecule has 1 aromatic rings. The van der Waals surface area contributed by atoms with E-state index in [-0.39, 0.29) is 10.0 Å². The van der Waals surface area contributed by atoms with Crippen LogP contribution in [0.4, 0.5) is 13.2 Å². The van der Waals surface area contributed by atoms with Gasteiger partial charge in [0.15, 0.2) is 4.20 Å². The fraction of sp³-hybridized carbons (Fsp3) is 0.500. The van der Waals surface area contributed by atoms with E-state index in [1.807, 2.05) is 0 Å². The minimum atomic E-state index is -4.12. The average Bonchev–Trinajstić information content (AvgIpc) is 2.57. The van der Waals surface area contributed by atoms with E-state index >= 15 is 0 Å². The molecule has 17 heavy (non-hydrogen) atoms. The highest BCUT2D eigenvalue weighted by atomic mass is 35.5. The van der Waals surface area contributed by atoms with Crippen molar-refractivity contribution in [2.45, 2.75) is 10.6 Å². The van der Waals surface area contributed by atoms with E-state index in [4.69, 9.17) is 35.4 Å². The number of rotatable bonds is 3. The molecule has 0 atom stereocenters. The van der Waals surface area contributed by atoms with Crippen molar-refractivity contribution >= 4 is 51.4 Å². The Kier molecular flexibility index (Phi) is 4.39. The molecule has 0 radical (unpaired) electrons. The minimum absolute atomic E-state index is 0.0409. The second-order valence-corrected chi connectivity index (χ2v) is 5.85. The topological polar surface area (TPSA) is 8.81 Å². The summed E-state index contributed by atoms with van der Waals surface area (Å²) in [5.74, 6) is -0.0409. The summed E-state index contributed by atoms with van der Waals surface area (Å²) in [6.07, 6.45) is 3.91. The second-order valence-electron chi connectivity index (χ2n) is 3.13. The first-order valence-electron chi connectivity index (χ1n) is 4.23. The molecule has 0 unspecified atom stereocenters. The van der Waals surface area contributed by atoms with E-state index in [0.29, 0.717) is 4.57 Å². The molecule has 0 N–H and O–H groups in total. The van der Waals surface area contributed by atoms with Gasteiger partial charge < -0.3 is 0 Å². The number of hydrogen-bond acceptors (Lipinski definition) is 2. The van der Waals surface area contributed by atoms with Crippen LogP contribution in [0.2, 0.25) is 0 Å². The highest BCUT2D eigenvalue weighted by molar-refractivity contribution is 8.23. The number of thioether (sulfide) groups is 1. The quantitative estimate of drug-likeness (QED) is 0.480. The number of halogens is 5. The smallest absolute Gasteiger partial charge is 0.231 e. The van der Waals surface area contributed by atoms with Crippen LogP contribution in [0.1, 0.15) is 5.82 Å². The number of hydrogen-bond donors (Lipinski definition) is 0. The number of nitrogens with zero attached hydrogens (tertiary/aromatic N) is 2. The van der Waals surface area contributed by atoms with Crippen molar-refractivity contribution in [1.29, 1.82) is 0 Å². The summed E-state index contributed by atoms with van der Waals surface area (Å²) in [4.78, 5) is 0. The van der Waals surface area contributed by atoms with Crippen LogP contribution in [-0.4, -0.2) is 19.6 Å². The first-order chi connectivity index (χ1) is 7.63. The normalized spacial score (nSPS) is 12.9. The Morgan fingerprint density at radius 3 is 2.41 bits per heavy atom. The summed E-state index contributed by atoms with van der Waals surface area (Å²) in [6, 6.07) is -4.12. The van der Waals surface area contributed by atoms with Crippen LogP contribution in [0.25, 0.3) is 0 Å². The summed E-state index contributed by atoms with van der Waals surface area (Å²) in [7, 11) is 1.51. The highest BCUT2D eigenvalue weighted by Crippen LogP contribution is 2.44. The molecular weight excluding hydrogens is 316 g/mol. The molecule has 0 saturated heterocycles. The zero-order chi connectivity index (χ0) is 13.4. The number of alkyl halides is 5. The molecule has 0 saturated carbocycles. The van der Waals surface area contributed by atoms with E-state index in [0.717, 1.165) is 18.0 Å². The van der Waals surface area contributed by atoms with Crippen molar-refractivity contribution in [2.75, 3.05) is 6.26 Å². The third-order valence-electron chi connectivity index (χ3n) is 2.01. The molecule has 1 aromatic heterocycles. The Bertz CT molecular complexity index is 442. The first kappa shape index (κ1) is 15.1. The molecule has 0 aliphatic rings. The molecule has 9 heteroatoms. The monoisotopic (exact) mass is 323 g/mol.